The highest BCUT2D eigenvalue weighted by molar-refractivity contribution is 5.72. The van der Waals surface area contributed by atoms with Crippen LogP contribution in [0.2, 0.25) is 0 Å². The third-order valence-electron chi connectivity index (χ3n) is 4.43. The van der Waals surface area contributed by atoms with Gasteiger partial charge < -0.3 is 20.0 Å². The Balaban J connectivity index is 2.34. The summed E-state index contributed by atoms with van der Waals surface area (Å²) < 4.78 is 81.9. The maximum atomic E-state index is 13.5. The summed E-state index contributed by atoms with van der Waals surface area (Å²) in [5, 5.41) is 13.6. The molecule has 0 spiro atoms. The number of hydrogen-bond donors (Lipinski definition) is 3. The highest BCUT2D eigenvalue weighted by Crippen LogP contribution is 2.36. The fraction of sp³-hybridized carbons (Fsp3) is 0.350. The minimum Gasteiger partial charge on any atom is -0.483 e. The van der Waals surface area contributed by atoms with E-state index in [-0.39, 0.29) is 23.3 Å². The Morgan fingerprint density at radius 2 is 1.82 bits per heavy atom. The Bertz CT molecular complexity index is 950. The molecule has 13 heteroatoms. The molecule has 1 heterocycles. The van der Waals surface area contributed by atoms with Crippen LogP contribution in [0.15, 0.2) is 42.6 Å². The number of halogens is 6. The molecule has 3 atom stereocenters. The molecule has 0 fully saturated rings. The lowest BCUT2D eigenvalue weighted by Gasteiger charge is -2.30. The normalized spacial score (nSPS) is 14.8. The standard InChI is InChI=1S/C20H19F6N3O4/c1-11(15-7-6-12(8-27-15)33-10-19(21,22)23)28-17(16(9-30)29-18(31)32)13-4-2-3-5-14(13)20(24,25)26/h2-9,11,16-17,28-29H,10H2,1H3,(H,31,32)/t11-,16?,17+/m1/s1. The number of carbonyl (C=O) groups excluding carboxylic acids is 1. The van der Waals surface area contributed by atoms with Crippen LogP contribution in [0.5, 0.6) is 5.75 Å². The van der Waals surface area contributed by atoms with E-state index in [4.69, 9.17) is 5.11 Å². The van der Waals surface area contributed by atoms with Crippen molar-refractivity contribution in [2.75, 3.05) is 6.61 Å². The third-order valence-corrected chi connectivity index (χ3v) is 4.43. The minimum absolute atomic E-state index is 0.160. The van der Waals surface area contributed by atoms with Gasteiger partial charge in [0.2, 0.25) is 0 Å². The molecule has 7 nitrogen and oxygen atoms in total. The number of aldehydes is 1. The van der Waals surface area contributed by atoms with Crippen LogP contribution in [0.1, 0.15) is 35.8 Å². The van der Waals surface area contributed by atoms with E-state index in [9.17, 15) is 35.9 Å². The number of rotatable bonds is 9. The fourth-order valence-electron chi connectivity index (χ4n) is 3.00. The minimum atomic E-state index is -4.79. The van der Waals surface area contributed by atoms with Crippen LogP contribution in [0.25, 0.3) is 0 Å². The zero-order valence-electron chi connectivity index (χ0n) is 16.9. The van der Waals surface area contributed by atoms with Gasteiger partial charge >= 0.3 is 18.4 Å². The third kappa shape index (κ3) is 7.63. The van der Waals surface area contributed by atoms with Crippen molar-refractivity contribution >= 4 is 12.4 Å². The maximum absolute atomic E-state index is 13.5. The molecule has 0 aliphatic carbocycles. The first kappa shape index (κ1) is 25.9. The quantitative estimate of drug-likeness (QED) is 0.367. The van der Waals surface area contributed by atoms with E-state index in [1.807, 2.05) is 5.32 Å². The van der Waals surface area contributed by atoms with Crippen molar-refractivity contribution < 1.29 is 45.8 Å². The van der Waals surface area contributed by atoms with E-state index in [1.165, 1.54) is 25.1 Å². The topological polar surface area (TPSA) is 101 Å². The molecule has 0 saturated heterocycles. The molecule has 0 aliphatic rings. The van der Waals surface area contributed by atoms with E-state index in [1.54, 1.807) is 0 Å². The van der Waals surface area contributed by atoms with Crippen LogP contribution in [0.4, 0.5) is 31.1 Å². The number of amides is 1. The van der Waals surface area contributed by atoms with Gasteiger partial charge in [0.1, 0.15) is 18.1 Å². The molecule has 2 aromatic rings. The van der Waals surface area contributed by atoms with Gasteiger partial charge in [0, 0.05) is 6.04 Å². The van der Waals surface area contributed by atoms with E-state index >= 15 is 0 Å². The summed E-state index contributed by atoms with van der Waals surface area (Å²) in [5.41, 5.74) is -1.26. The van der Waals surface area contributed by atoms with E-state index in [0.717, 1.165) is 24.4 Å². The Hall–Kier alpha value is -3.35. The predicted octanol–water partition coefficient (Wildman–Crippen LogP) is 4.27. The molecule has 1 aromatic carbocycles. The van der Waals surface area contributed by atoms with E-state index in [0.29, 0.717) is 0 Å². The molecule has 0 bridgehead atoms. The van der Waals surface area contributed by atoms with Crippen LogP contribution < -0.4 is 15.4 Å². The Morgan fingerprint density at radius 3 is 2.33 bits per heavy atom. The zero-order chi connectivity index (χ0) is 24.8. The molecule has 0 radical (unpaired) electrons. The number of pyridine rings is 1. The first-order valence-corrected chi connectivity index (χ1v) is 9.34. The van der Waals surface area contributed by atoms with Gasteiger partial charge in [-0.1, -0.05) is 18.2 Å². The molecule has 33 heavy (non-hydrogen) atoms. The summed E-state index contributed by atoms with van der Waals surface area (Å²) >= 11 is 0. The van der Waals surface area contributed by atoms with Crippen molar-refractivity contribution in [1.82, 2.24) is 15.6 Å². The highest BCUT2D eigenvalue weighted by Gasteiger charge is 2.38. The van der Waals surface area contributed by atoms with E-state index < -0.39 is 48.7 Å². The smallest absolute Gasteiger partial charge is 0.422 e. The lowest BCUT2D eigenvalue weighted by Crippen LogP contribution is -2.46. The average molecular weight is 479 g/mol. The second-order valence-corrected chi connectivity index (χ2v) is 6.89. The summed E-state index contributed by atoms with van der Waals surface area (Å²) in [7, 11) is 0. The van der Waals surface area contributed by atoms with Gasteiger partial charge in [-0.2, -0.15) is 26.3 Å². The van der Waals surface area contributed by atoms with Crippen molar-refractivity contribution in [2.24, 2.45) is 0 Å². The monoisotopic (exact) mass is 479 g/mol. The maximum Gasteiger partial charge on any atom is 0.422 e. The molecule has 0 aliphatic heterocycles. The summed E-state index contributed by atoms with van der Waals surface area (Å²) in [6.45, 7) is -0.0512. The number of carbonyl (C=O) groups is 2. The molecular formula is C20H19F6N3O4. The summed E-state index contributed by atoms with van der Waals surface area (Å²) in [6.07, 6.45) is -9.79. The predicted molar refractivity (Wildman–Crippen MR) is 103 cm³/mol. The molecule has 1 amide bonds. The number of carboxylic acid groups (broad SMARTS) is 1. The lowest BCUT2D eigenvalue weighted by atomic mass is 9.93. The van der Waals surface area contributed by atoms with Gasteiger partial charge in [0.25, 0.3) is 0 Å². The summed E-state index contributed by atoms with van der Waals surface area (Å²) in [6, 6.07) is 2.94. The number of nitrogens with zero attached hydrogens (tertiary/aromatic N) is 1. The summed E-state index contributed by atoms with van der Waals surface area (Å²) in [5.74, 6) is -0.180. The molecule has 1 aromatic heterocycles. The van der Waals surface area contributed by atoms with Gasteiger partial charge in [-0.25, -0.2) is 4.79 Å². The first-order valence-electron chi connectivity index (χ1n) is 9.34. The highest BCUT2D eigenvalue weighted by atomic mass is 19.4. The second-order valence-electron chi connectivity index (χ2n) is 6.89. The van der Waals surface area contributed by atoms with Crippen molar-refractivity contribution in [2.45, 2.75) is 37.4 Å². The van der Waals surface area contributed by atoms with Gasteiger partial charge in [-0.05, 0) is 30.7 Å². The van der Waals surface area contributed by atoms with Crippen LogP contribution in [0.3, 0.4) is 0 Å². The van der Waals surface area contributed by atoms with Crippen LogP contribution in [-0.4, -0.2) is 41.3 Å². The molecule has 1 unspecified atom stereocenters. The molecular weight excluding hydrogens is 460 g/mol. The van der Waals surface area contributed by atoms with Crippen molar-refractivity contribution in [3.05, 3.63) is 59.4 Å². The number of alkyl halides is 6. The number of ether oxygens (including phenoxy) is 1. The van der Waals surface area contributed by atoms with Crippen molar-refractivity contribution in [1.29, 1.82) is 0 Å². The van der Waals surface area contributed by atoms with Crippen LogP contribution in [0, 0.1) is 0 Å². The van der Waals surface area contributed by atoms with E-state index in [2.05, 4.69) is 15.0 Å². The number of hydrogen-bond acceptors (Lipinski definition) is 5. The van der Waals surface area contributed by atoms with Gasteiger partial charge in [0.05, 0.1) is 23.5 Å². The van der Waals surface area contributed by atoms with Gasteiger partial charge in [0.15, 0.2) is 6.61 Å². The first-order chi connectivity index (χ1) is 15.3. The van der Waals surface area contributed by atoms with Crippen LogP contribution in [-0.2, 0) is 11.0 Å². The Morgan fingerprint density at radius 1 is 1.15 bits per heavy atom. The van der Waals surface area contributed by atoms with Crippen molar-refractivity contribution in [3.8, 4) is 5.75 Å². The van der Waals surface area contributed by atoms with Crippen LogP contribution >= 0.6 is 0 Å². The lowest BCUT2D eigenvalue weighted by molar-refractivity contribution is -0.153. The molecule has 3 N–H and O–H groups in total. The van der Waals surface area contributed by atoms with Gasteiger partial charge in [-0.15, -0.1) is 0 Å². The zero-order valence-corrected chi connectivity index (χ0v) is 16.9. The molecule has 2 rings (SSSR count). The number of benzene rings is 1. The van der Waals surface area contributed by atoms with Gasteiger partial charge in [-0.3, -0.25) is 10.3 Å². The average Bonchev–Trinajstić information content (AvgIpc) is 2.73. The Labute approximate surface area is 183 Å². The molecule has 180 valence electrons. The second kappa shape index (κ2) is 10.5. The number of nitrogens with one attached hydrogen (secondary N) is 2. The fourth-order valence-corrected chi connectivity index (χ4v) is 3.00. The number of aromatic nitrogens is 1. The SMILES string of the molecule is C[C@@H](N[C@@H](c1ccccc1C(F)(F)F)C(C=O)NC(=O)O)c1ccc(OCC(F)(F)F)cn1. The summed E-state index contributed by atoms with van der Waals surface area (Å²) in [4.78, 5) is 26.6. The van der Waals surface area contributed by atoms with Crippen molar-refractivity contribution in [3.63, 3.8) is 0 Å². The Kier molecular flexibility index (Phi) is 8.25. The largest absolute Gasteiger partial charge is 0.483 e. The molecule has 0 saturated carbocycles.